The van der Waals surface area contributed by atoms with Gasteiger partial charge in [-0.25, -0.2) is 14.4 Å². The van der Waals surface area contributed by atoms with Gasteiger partial charge >= 0.3 is 36.4 Å². The summed E-state index contributed by atoms with van der Waals surface area (Å²) < 4.78 is 95.2. The lowest BCUT2D eigenvalue weighted by atomic mass is 9.79. The Morgan fingerprint density at radius 1 is 0.786 bits per heavy atom. The van der Waals surface area contributed by atoms with Crippen LogP contribution in [-0.4, -0.2) is 99.3 Å². The van der Waals surface area contributed by atoms with E-state index >= 15 is 0 Å². The predicted octanol–water partition coefficient (Wildman–Crippen LogP) is 4.68. The van der Waals surface area contributed by atoms with E-state index < -0.39 is 36.4 Å². The number of carboxylic acid groups (broad SMARTS) is 3. The quantitative estimate of drug-likeness (QED) is 0.408. The van der Waals surface area contributed by atoms with Crippen LogP contribution in [0.2, 0.25) is 0 Å². The van der Waals surface area contributed by atoms with E-state index in [1.807, 2.05) is 12.3 Å². The molecular weight excluding hydrogens is 597 g/mol. The van der Waals surface area contributed by atoms with Crippen molar-refractivity contribution in [2.75, 3.05) is 32.7 Å². The second-order valence-electron chi connectivity index (χ2n) is 9.97. The number of aromatic nitrogens is 1. The van der Waals surface area contributed by atoms with E-state index in [1.165, 1.54) is 70.5 Å². The van der Waals surface area contributed by atoms with Crippen molar-refractivity contribution in [2.45, 2.75) is 57.2 Å². The largest absolute Gasteiger partial charge is 0.490 e. The molecule has 3 N–H and O–H groups in total. The Labute approximate surface area is 233 Å². The summed E-state index contributed by atoms with van der Waals surface area (Å²) in [6, 6.07) is 6.28. The summed E-state index contributed by atoms with van der Waals surface area (Å²) in [6.45, 7) is 7.63. The molecule has 1 aliphatic carbocycles. The Morgan fingerprint density at radius 3 is 1.67 bits per heavy atom. The minimum atomic E-state index is -5.08. The molecule has 1 atom stereocenters. The third-order valence-electron chi connectivity index (χ3n) is 6.31. The number of carbonyl (C=O) groups is 3. The first-order chi connectivity index (χ1) is 19.1. The Kier molecular flexibility index (Phi) is 13.5. The van der Waals surface area contributed by atoms with Crippen LogP contribution in [0.15, 0.2) is 24.4 Å². The molecule has 1 saturated carbocycles. The van der Waals surface area contributed by atoms with Crippen molar-refractivity contribution in [2.24, 2.45) is 11.3 Å². The zero-order chi connectivity index (χ0) is 32.4. The molecule has 3 fully saturated rings. The number of aliphatic carboxylic acids is 3. The van der Waals surface area contributed by atoms with Crippen LogP contribution in [0.3, 0.4) is 0 Å². The molecule has 3 aliphatic rings. The number of nitrogens with zero attached hydrogens (tertiary/aromatic N) is 3. The van der Waals surface area contributed by atoms with E-state index in [0.29, 0.717) is 5.41 Å². The average molecular weight is 628 g/mol. The maximum Gasteiger partial charge on any atom is 0.490 e. The molecule has 9 nitrogen and oxygen atoms in total. The fraction of sp³-hybridized carbons (Fsp3) is 0.667. The van der Waals surface area contributed by atoms with Gasteiger partial charge in [0.05, 0.1) is 5.69 Å². The fourth-order valence-corrected chi connectivity index (χ4v) is 4.35. The van der Waals surface area contributed by atoms with Crippen molar-refractivity contribution in [1.29, 1.82) is 0 Å². The van der Waals surface area contributed by atoms with Gasteiger partial charge in [-0.1, -0.05) is 6.07 Å². The number of hydrogen-bond acceptors (Lipinski definition) is 6. The van der Waals surface area contributed by atoms with Crippen LogP contribution >= 0.6 is 0 Å². The molecule has 1 spiro atoms. The van der Waals surface area contributed by atoms with Crippen molar-refractivity contribution in [3.63, 3.8) is 0 Å². The molecule has 0 amide bonds. The summed E-state index contributed by atoms with van der Waals surface area (Å²) in [5, 5.41) is 21.4. The normalized spacial score (nSPS) is 21.2. The highest BCUT2D eigenvalue weighted by atomic mass is 19.4. The summed E-state index contributed by atoms with van der Waals surface area (Å²) in [7, 11) is 0. The monoisotopic (exact) mass is 627 g/mol. The van der Waals surface area contributed by atoms with Gasteiger partial charge in [-0.15, -0.1) is 0 Å². The molecule has 1 aromatic heterocycles. The van der Waals surface area contributed by atoms with Gasteiger partial charge in [-0.2, -0.15) is 39.5 Å². The van der Waals surface area contributed by atoms with Crippen LogP contribution in [0, 0.1) is 11.3 Å². The van der Waals surface area contributed by atoms with Crippen molar-refractivity contribution in [3.05, 3.63) is 30.1 Å². The second kappa shape index (κ2) is 15.4. The maximum atomic E-state index is 10.6. The Bertz CT molecular complexity index is 961. The molecule has 4 rings (SSSR count). The van der Waals surface area contributed by atoms with Crippen molar-refractivity contribution in [1.82, 2.24) is 14.8 Å². The molecule has 1 aromatic rings. The van der Waals surface area contributed by atoms with E-state index in [2.05, 4.69) is 26.9 Å². The molecular formula is C24H30F9N3O6. The van der Waals surface area contributed by atoms with Gasteiger partial charge in [-0.3, -0.25) is 9.88 Å². The van der Waals surface area contributed by atoms with Crippen molar-refractivity contribution < 1.29 is 69.2 Å². The van der Waals surface area contributed by atoms with Gasteiger partial charge in [0.25, 0.3) is 0 Å². The molecule has 0 aromatic carbocycles. The zero-order valence-electron chi connectivity index (χ0n) is 22.0. The van der Waals surface area contributed by atoms with Gasteiger partial charge in [0.15, 0.2) is 0 Å². The fourth-order valence-electron chi connectivity index (χ4n) is 4.35. The van der Waals surface area contributed by atoms with Crippen molar-refractivity contribution >= 4 is 17.9 Å². The van der Waals surface area contributed by atoms with Crippen molar-refractivity contribution in [3.8, 4) is 0 Å². The first-order valence-electron chi connectivity index (χ1n) is 12.4. The zero-order valence-corrected chi connectivity index (χ0v) is 22.0. The number of halogens is 9. The van der Waals surface area contributed by atoms with E-state index in [1.54, 1.807) is 0 Å². The Morgan fingerprint density at radius 2 is 1.26 bits per heavy atom. The van der Waals surface area contributed by atoms with Crippen LogP contribution in [0.1, 0.15) is 37.8 Å². The summed E-state index contributed by atoms with van der Waals surface area (Å²) >= 11 is 0. The first kappa shape index (κ1) is 36.9. The van der Waals surface area contributed by atoms with E-state index in [-0.39, 0.29) is 0 Å². The highest BCUT2D eigenvalue weighted by Crippen LogP contribution is 2.41. The number of carboxylic acids is 3. The topological polar surface area (TPSA) is 131 Å². The Balaban J connectivity index is 0.000000348. The van der Waals surface area contributed by atoms with Crippen LogP contribution in [0.5, 0.6) is 0 Å². The number of pyridine rings is 1. The molecule has 240 valence electrons. The minimum Gasteiger partial charge on any atom is -0.475 e. The third-order valence-corrected chi connectivity index (χ3v) is 6.31. The Hall–Kier alpha value is -3.15. The second-order valence-corrected chi connectivity index (χ2v) is 9.97. The van der Waals surface area contributed by atoms with Gasteiger partial charge in [0.2, 0.25) is 0 Å². The van der Waals surface area contributed by atoms with E-state index in [0.717, 1.165) is 12.5 Å². The number of piperidine rings is 1. The van der Waals surface area contributed by atoms with Gasteiger partial charge in [0.1, 0.15) is 0 Å². The third kappa shape index (κ3) is 14.7. The molecule has 2 aliphatic heterocycles. The van der Waals surface area contributed by atoms with Crippen LogP contribution in [0.25, 0.3) is 0 Å². The standard InChI is InChI=1S/C18H27N3.3C2HF3O2/c1-2-9-19-17(4-1)13-20-10-3-7-18(14-20)8-11-21(15-18)12-16-5-6-16;3*3-2(4,5)1(6)7/h1-2,4,9,16H,3,5-8,10-15H2;3*(H,6,7). The summed E-state index contributed by atoms with van der Waals surface area (Å²) in [6.07, 6.45) is -6.15. The van der Waals surface area contributed by atoms with Crippen LogP contribution in [0.4, 0.5) is 39.5 Å². The lowest BCUT2D eigenvalue weighted by Gasteiger charge is -2.40. The molecule has 42 heavy (non-hydrogen) atoms. The molecule has 3 heterocycles. The van der Waals surface area contributed by atoms with Crippen LogP contribution in [-0.2, 0) is 20.9 Å². The highest BCUT2D eigenvalue weighted by molar-refractivity contribution is 5.73. The predicted molar refractivity (Wildman–Crippen MR) is 126 cm³/mol. The number of likely N-dealkylation sites (tertiary alicyclic amines) is 2. The SMILES string of the molecule is O=C(O)C(F)(F)F.O=C(O)C(F)(F)F.O=C(O)C(F)(F)F.c1ccc(CN2CCCC3(CCN(CC4CC4)C3)C2)nc1. The summed E-state index contributed by atoms with van der Waals surface area (Å²) in [4.78, 5) is 36.6. The lowest BCUT2D eigenvalue weighted by Crippen LogP contribution is -2.44. The summed E-state index contributed by atoms with van der Waals surface area (Å²) in [5.41, 5.74) is 1.81. The molecule has 0 radical (unpaired) electrons. The lowest BCUT2D eigenvalue weighted by molar-refractivity contribution is -0.193. The van der Waals surface area contributed by atoms with Crippen LogP contribution < -0.4 is 0 Å². The average Bonchev–Trinajstić information content (AvgIpc) is 3.59. The van der Waals surface area contributed by atoms with Gasteiger partial charge in [-0.05, 0) is 68.7 Å². The molecule has 1 unspecified atom stereocenters. The number of hydrogen-bond donors (Lipinski definition) is 3. The molecule has 18 heteroatoms. The molecule has 0 bridgehead atoms. The minimum absolute atomic E-state index is 0.585. The van der Waals surface area contributed by atoms with Gasteiger partial charge < -0.3 is 20.2 Å². The van der Waals surface area contributed by atoms with Gasteiger partial charge in [0, 0.05) is 32.4 Å². The first-order valence-corrected chi connectivity index (χ1v) is 12.4. The highest BCUT2D eigenvalue weighted by Gasteiger charge is 2.42. The number of alkyl halides is 9. The number of rotatable bonds is 4. The van der Waals surface area contributed by atoms with E-state index in [4.69, 9.17) is 29.7 Å². The molecule has 2 saturated heterocycles. The van der Waals surface area contributed by atoms with E-state index in [9.17, 15) is 39.5 Å². The maximum absolute atomic E-state index is 10.6. The summed E-state index contributed by atoms with van der Waals surface area (Å²) in [5.74, 6) is -7.24. The smallest absolute Gasteiger partial charge is 0.475 e.